The van der Waals surface area contributed by atoms with Crippen LogP contribution in [0.2, 0.25) is 0 Å². The van der Waals surface area contributed by atoms with Crippen LogP contribution in [0, 0.1) is 0 Å². The van der Waals surface area contributed by atoms with Crippen LogP contribution in [0.3, 0.4) is 0 Å². The minimum Gasteiger partial charge on any atom is -0.473 e. The molecule has 0 bridgehead atoms. The number of hydrogen-bond acceptors (Lipinski definition) is 3. The third-order valence-corrected chi connectivity index (χ3v) is 3.55. The number of rotatable bonds is 4. The zero-order valence-electron chi connectivity index (χ0n) is 10.4. The van der Waals surface area contributed by atoms with E-state index < -0.39 is 12.1 Å². The van der Waals surface area contributed by atoms with E-state index >= 15 is 0 Å². The number of carbonyl (C=O) groups excluding carboxylic acids is 1. The molecule has 0 saturated heterocycles. The van der Waals surface area contributed by atoms with Crippen LogP contribution in [0.4, 0.5) is 0 Å². The molecule has 0 radical (unpaired) electrons. The van der Waals surface area contributed by atoms with Gasteiger partial charge in [-0.25, -0.2) is 4.79 Å². The zero-order valence-corrected chi connectivity index (χ0v) is 12.0. The summed E-state index contributed by atoms with van der Waals surface area (Å²) in [5, 5.41) is 2.11. The first-order valence-corrected chi connectivity index (χ1v) is 6.51. The van der Waals surface area contributed by atoms with E-state index in [0.717, 1.165) is 15.2 Å². The molecule has 0 aliphatic carbocycles. The monoisotopic (exact) mass is 320 g/mol. The number of halogens is 1. The molecule has 0 saturated carbocycles. The molecule has 1 atom stereocenters. The molecule has 0 spiro atoms. The second-order valence-electron chi connectivity index (χ2n) is 3.90. The van der Waals surface area contributed by atoms with Crippen LogP contribution >= 0.6 is 15.9 Å². The molecule has 98 valence electrons. The Morgan fingerprint density at radius 3 is 2.74 bits per heavy atom. The lowest BCUT2D eigenvalue weighted by Gasteiger charge is -2.15. The smallest absolute Gasteiger partial charge is 0.351 e. The van der Waals surface area contributed by atoms with E-state index in [1.807, 2.05) is 36.4 Å². The van der Waals surface area contributed by atoms with Crippen molar-refractivity contribution in [2.75, 3.05) is 7.11 Å². The number of fused-ring (bicyclic) bond motifs is 1. The Morgan fingerprint density at radius 1 is 1.32 bits per heavy atom. The van der Waals surface area contributed by atoms with Crippen LogP contribution < -0.4 is 4.74 Å². The SMILES string of the molecule is C=CC(Oc1ccc2ccccc2c1Br)C(=O)OC. The highest BCUT2D eigenvalue weighted by atomic mass is 79.9. The van der Waals surface area contributed by atoms with E-state index in [1.54, 1.807) is 0 Å². The van der Waals surface area contributed by atoms with Gasteiger partial charge >= 0.3 is 5.97 Å². The summed E-state index contributed by atoms with van der Waals surface area (Å²) >= 11 is 3.50. The summed E-state index contributed by atoms with van der Waals surface area (Å²) in [6, 6.07) is 11.7. The quantitative estimate of drug-likeness (QED) is 0.636. The first kappa shape index (κ1) is 13.6. The van der Waals surface area contributed by atoms with Crippen molar-refractivity contribution in [2.24, 2.45) is 0 Å². The molecule has 0 amide bonds. The number of hydrogen-bond donors (Lipinski definition) is 0. The summed E-state index contributed by atoms with van der Waals surface area (Å²) in [6.07, 6.45) is 0.593. The van der Waals surface area contributed by atoms with Crippen molar-refractivity contribution in [3.63, 3.8) is 0 Å². The van der Waals surface area contributed by atoms with Gasteiger partial charge in [-0.1, -0.05) is 36.9 Å². The van der Waals surface area contributed by atoms with E-state index in [2.05, 4.69) is 27.2 Å². The second kappa shape index (κ2) is 5.89. The van der Waals surface area contributed by atoms with Crippen LogP contribution in [-0.4, -0.2) is 19.2 Å². The lowest BCUT2D eigenvalue weighted by molar-refractivity contribution is -0.146. The van der Waals surface area contributed by atoms with Crippen molar-refractivity contribution >= 4 is 32.7 Å². The van der Waals surface area contributed by atoms with Crippen LogP contribution in [0.15, 0.2) is 53.5 Å². The van der Waals surface area contributed by atoms with E-state index in [-0.39, 0.29) is 0 Å². The van der Waals surface area contributed by atoms with Gasteiger partial charge < -0.3 is 9.47 Å². The molecule has 2 aromatic rings. The van der Waals surface area contributed by atoms with Gasteiger partial charge in [0.05, 0.1) is 11.6 Å². The lowest BCUT2D eigenvalue weighted by atomic mass is 10.1. The highest BCUT2D eigenvalue weighted by Gasteiger charge is 2.18. The summed E-state index contributed by atoms with van der Waals surface area (Å²) in [7, 11) is 1.32. The van der Waals surface area contributed by atoms with Crippen LogP contribution in [0.1, 0.15) is 0 Å². The molecule has 4 heteroatoms. The lowest BCUT2D eigenvalue weighted by Crippen LogP contribution is -2.26. The van der Waals surface area contributed by atoms with E-state index in [9.17, 15) is 4.79 Å². The molecule has 0 aliphatic heterocycles. The van der Waals surface area contributed by atoms with Crippen molar-refractivity contribution in [2.45, 2.75) is 6.10 Å². The minimum atomic E-state index is -0.817. The molecule has 1 unspecified atom stereocenters. The van der Waals surface area contributed by atoms with E-state index in [0.29, 0.717) is 5.75 Å². The maximum Gasteiger partial charge on any atom is 0.351 e. The number of benzene rings is 2. The number of methoxy groups -OCH3 is 1. The van der Waals surface area contributed by atoms with Crippen LogP contribution in [0.5, 0.6) is 5.75 Å². The van der Waals surface area contributed by atoms with Crippen molar-refractivity contribution in [3.05, 3.63) is 53.5 Å². The summed E-state index contributed by atoms with van der Waals surface area (Å²) in [4.78, 5) is 11.5. The first-order valence-electron chi connectivity index (χ1n) is 5.71. The van der Waals surface area contributed by atoms with Gasteiger partial charge in [-0.2, -0.15) is 0 Å². The average Bonchev–Trinajstić information content (AvgIpc) is 2.46. The van der Waals surface area contributed by atoms with Crippen molar-refractivity contribution in [1.82, 2.24) is 0 Å². The number of esters is 1. The fourth-order valence-electron chi connectivity index (χ4n) is 1.75. The first-order chi connectivity index (χ1) is 9.17. The van der Waals surface area contributed by atoms with Gasteiger partial charge in [0, 0.05) is 0 Å². The van der Waals surface area contributed by atoms with Gasteiger partial charge in [-0.15, -0.1) is 0 Å². The van der Waals surface area contributed by atoms with Gasteiger partial charge in [0.1, 0.15) is 5.75 Å². The Balaban J connectivity index is 2.38. The molecular formula is C15H13BrO3. The number of carbonyl (C=O) groups is 1. The molecule has 2 aromatic carbocycles. The Kier molecular flexibility index (Phi) is 4.22. The molecule has 0 fully saturated rings. The van der Waals surface area contributed by atoms with E-state index in [1.165, 1.54) is 13.2 Å². The molecular weight excluding hydrogens is 308 g/mol. The largest absolute Gasteiger partial charge is 0.473 e. The molecule has 3 nitrogen and oxygen atoms in total. The highest BCUT2D eigenvalue weighted by molar-refractivity contribution is 9.10. The van der Waals surface area contributed by atoms with Crippen LogP contribution in [0.25, 0.3) is 10.8 Å². The molecule has 0 heterocycles. The fourth-order valence-corrected chi connectivity index (χ4v) is 2.34. The Bertz CT molecular complexity index is 622. The Labute approximate surface area is 120 Å². The predicted octanol–water partition coefficient (Wildman–Crippen LogP) is 3.71. The van der Waals surface area contributed by atoms with Gasteiger partial charge in [0.25, 0.3) is 0 Å². The molecule has 2 rings (SSSR count). The van der Waals surface area contributed by atoms with Crippen LogP contribution in [-0.2, 0) is 9.53 Å². The standard InChI is InChI=1S/C15H13BrO3/c1-3-12(15(17)18-2)19-13-9-8-10-6-4-5-7-11(10)14(13)16/h3-9,12H,1H2,2H3. The third-order valence-electron chi connectivity index (χ3n) is 2.73. The van der Waals surface area contributed by atoms with Gasteiger partial charge in [0.15, 0.2) is 0 Å². The summed E-state index contributed by atoms with van der Waals surface area (Å²) < 4.78 is 11.1. The topological polar surface area (TPSA) is 35.5 Å². The number of ether oxygens (including phenoxy) is 2. The average molecular weight is 321 g/mol. The van der Waals surface area contributed by atoms with Crippen molar-refractivity contribution in [1.29, 1.82) is 0 Å². The highest BCUT2D eigenvalue weighted by Crippen LogP contribution is 2.33. The normalized spacial score (nSPS) is 11.9. The predicted molar refractivity (Wildman–Crippen MR) is 78.3 cm³/mol. The Morgan fingerprint density at radius 2 is 2.05 bits per heavy atom. The maximum atomic E-state index is 11.5. The molecule has 0 aromatic heterocycles. The van der Waals surface area contributed by atoms with Gasteiger partial charge in [-0.05, 0) is 38.8 Å². The molecule has 0 N–H and O–H groups in total. The Hall–Kier alpha value is -1.81. The summed E-state index contributed by atoms with van der Waals surface area (Å²) in [5.74, 6) is 0.101. The summed E-state index contributed by atoms with van der Waals surface area (Å²) in [6.45, 7) is 3.58. The second-order valence-corrected chi connectivity index (χ2v) is 4.69. The minimum absolute atomic E-state index is 0.477. The van der Waals surface area contributed by atoms with Gasteiger partial charge in [-0.3, -0.25) is 0 Å². The fraction of sp³-hybridized carbons (Fsp3) is 0.133. The van der Waals surface area contributed by atoms with E-state index in [4.69, 9.17) is 4.74 Å². The zero-order chi connectivity index (χ0) is 13.8. The van der Waals surface area contributed by atoms with Crippen molar-refractivity contribution in [3.8, 4) is 5.75 Å². The molecule has 19 heavy (non-hydrogen) atoms. The summed E-state index contributed by atoms with van der Waals surface area (Å²) in [5.41, 5.74) is 0. The van der Waals surface area contributed by atoms with Crippen molar-refractivity contribution < 1.29 is 14.3 Å². The molecule has 0 aliphatic rings. The third kappa shape index (κ3) is 2.79. The maximum absolute atomic E-state index is 11.5. The van der Waals surface area contributed by atoms with Gasteiger partial charge in [0.2, 0.25) is 6.10 Å².